The molecule has 2 aromatic carbocycles. The number of hydrogen-bond acceptors (Lipinski definition) is 4. The minimum atomic E-state index is -0.227. The van der Waals surface area contributed by atoms with Gasteiger partial charge in [-0.15, -0.1) is 0 Å². The van der Waals surface area contributed by atoms with Crippen LogP contribution < -0.4 is 4.74 Å². The van der Waals surface area contributed by atoms with E-state index < -0.39 is 0 Å². The molecule has 4 heteroatoms. The topological polar surface area (TPSA) is 48.4 Å². The zero-order valence-corrected chi connectivity index (χ0v) is 13.4. The normalized spacial score (nSPS) is 13.3. The molecular formula is C20H17NO3. The molecule has 0 radical (unpaired) electrons. The largest absolute Gasteiger partial charge is 0.485 e. The van der Waals surface area contributed by atoms with Crippen LogP contribution in [-0.2, 0) is 9.53 Å². The molecule has 120 valence electrons. The molecule has 0 saturated heterocycles. The summed E-state index contributed by atoms with van der Waals surface area (Å²) in [4.78, 5) is 16.5. The van der Waals surface area contributed by atoms with E-state index >= 15 is 0 Å². The van der Waals surface area contributed by atoms with Crippen molar-refractivity contribution < 1.29 is 14.3 Å². The zero-order valence-electron chi connectivity index (χ0n) is 13.4. The van der Waals surface area contributed by atoms with E-state index in [0.717, 1.165) is 39.5 Å². The average molecular weight is 319 g/mol. The molecule has 0 bridgehead atoms. The summed E-state index contributed by atoms with van der Waals surface area (Å²) in [5.74, 6) is 1.07. The van der Waals surface area contributed by atoms with Crippen molar-refractivity contribution in [3.8, 4) is 5.75 Å². The van der Waals surface area contributed by atoms with Crippen LogP contribution in [0.2, 0.25) is 0 Å². The van der Waals surface area contributed by atoms with Gasteiger partial charge in [-0.2, -0.15) is 0 Å². The Morgan fingerprint density at radius 1 is 1.21 bits per heavy atom. The molecule has 1 aliphatic heterocycles. The summed E-state index contributed by atoms with van der Waals surface area (Å²) in [7, 11) is 0. The van der Waals surface area contributed by atoms with E-state index in [1.165, 1.54) is 0 Å². The van der Waals surface area contributed by atoms with Crippen LogP contribution in [0, 0.1) is 0 Å². The number of carbonyl (C=O) groups is 1. The lowest BCUT2D eigenvalue weighted by Crippen LogP contribution is -2.13. The standard InChI is InChI=1S/C20H17NO3/c1-2-5-19(22)24-15-11-16-18(23-12-15)9-8-14-10-13-6-3-4-7-17(13)21-20(14)16/h3-4,6-11H,2,5,12H2,1H3. The molecule has 2 heterocycles. The third-order valence-corrected chi connectivity index (χ3v) is 4.06. The van der Waals surface area contributed by atoms with Crippen LogP contribution in [-0.4, -0.2) is 17.6 Å². The second-order valence-corrected chi connectivity index (χ2v) is 5.85. The minimum Gasteiger partial charge on any atom is -0.485 e. The molecule has 0 saturated carbocycles. The highest BCUT2D eigenvalue weighted by atomic mass is 16.6. The SMILES string of the molecule is CCCC(=O)OC1=Cc2c(ccc3cc4ccccc4nc23)OC1. The fraction of sp³-hybridized carbons (Fsp3) is 0.200. The van der Waals surface area contributed by atoms with Gasteiger partial charge >= 0.3 is 5.97 Å². The van der Waals surface area contributed by atoms with Crippen LogP contribution in [0.3, 0.4) is 0 Å². The lowest BCUT2D eigenvalue weighted by atomic mass is 10.0. The molecule has 4 rings (SSSR count). The third-order valence-electron chi connectivity index (χ3n) is 4.06. The molecule has 0 aliphatic carbocycles. The Kier molecular flexibility index (Phi) is 3.65. The van der Waals surface area contributed by atoms with Crippen LogP contribution in [0.4, 0.5) is 0 Å². The highest BCUT2D eigenvalue weighted by Crippen LogP contribution is 2.34. The van der Waals surface area contributed by atoms with Gasteiger partial charge in [0.05, 0.1) is 11.0 Å². The lowest BCUT2D eigenvalue weighted by molar-refractivity contribution is -0.140. The van der Waals surface area contributed by atoms with Crippen molar-refractivity contribution in [2.24, 2.45) is 0 Å². The quantitative estimate of drug-likeness (QED) is 0.528. The Morgan fingerprint density at radius 2 is 2.08 bits per heavy atom. The number of ether oxygens (including phenoxy) is 2. The first-order valence-corrected chi connectivity index (χ1v) is 8.11. The molecule has 0 atom stereocenters. The fourth-order valence-electron chi connectivity index (χ4n) is 2.92. The van der Waals surface area contributed by atoms with Gasteiger partial charge in [0.25, 0.3) is 0 Å². The number of hydrogen-bond donors (Lipinski definition) is 0. The van der Waals surface area contributed by atoms with E-state index in [1.807, 2.05) is 49.4 Å². The predicted molar refractivity (Wildman–Crippen MR) is 93.7 cm³/mol. The summed E-state index contributed by atoms with van der Waals surface area (Å²) in [5.41, 5.74) is 2.65. The highest BCUT2D eigenvalue weighted by molar-refractivity contribution is 5.98. The van der Waals surface area contributed by atoms with Gasteiger partial charge in [0, 0.05) is 22.8 Å². The van der Waals surface area contributed by atoms with E-state index in [4.69, 9.17) is 14.5 Å². The van der Waals surface area contributed by atoms with E-state index in [0.29, 0.717) is 12.2 Å². The van der Waals surface area contributed by atoms with E-state index in [2.05, 4.69) is 6.07 Å². The maximum atomic E-state index is 11.7. The summed E-state index contributed by atoms with van der Waals surface area (Å²) < 4.78 is 11.1. The van der Waals surface area contributed by atoms with Gasteiger partial charge in [-0.25, -0.2) is 4.98 Å². The molecule has 1 aromatic heterocycles. The second-order valence-electron chi connectivity index (χ2n) is 5.85. The number of aromatic nitrogens is 1. The number of fused-ring (bicyclic) bond motifs is 4. The molecule has 0 N–H and O–H groups in total. The average Bonchev–Trinajstić information content (AvgIpc) is 2.60. The van der Waals surface area contributed by atoms with E-state index in [9.17, 15) is 4.79 Å². The van der Waals surface area contributed by atoms with E-state index in [1.54, 1.807) is 0 Å². The highest BCUT2D eigenvalue weighted by Gasteiger charge is 2.18. The van der Waals surface area contributed by atoms with Crippen molar-refractivity contribution in [1.82, 2.24) is 4.98 Å². The molecule has 0 spiro atoms. The van der Waals surface area contributed by atoms with Gasteiger partial charge in [0.15, 0.2) is 0 Å². The Balaban J connectivity index is 1.83. The molecule has 24 heavy (non-hydrogen) atoms. The van der Waals surface area contributed by atoms with Crippen molar-refractivity contribution in [1.29, 1.82) is 0 Å². The Bertz CT molecular complexity index is 975. The summed E-state index contributed by atoms with van der Waals surface area (Å²) in [6.45, 7) is 2.21. The molecule has 1 aliphatic rings. The zero-order chi connectivity index (χ0) is 16.5. The number of rotatable bonds is 3. The van der Waals surface area contributed by atoms with Gasteiger partial charge in [0.2, 0.25) is 0 Å². The summed E-state index contributed by atoms with van der Waals surface area (Å²) in [6, 6.07) is 14.1. The minimum absolute atomic E-state index is 0.227. The van der Waals surface area contributed by atoms with Crippen LogP contribution in [0.5, 0.6) is 5.75 Å². The first-order valence-electron chi connectivity index (χ1n) is 8.11. The van der Waals surface area contributed by atoms with Crippen molar-refractivity contribution in [2.45, 2.75) is 19.8 Å². The number of nitrogens with zero attached hydrogens (tertiary/aromatic N) is 1. The first kappa shape index (κ1) is 14.7. The Hall–Kier alpha value is -2.88. The smallest absolute Gasteiger partial charge is 0.310 e. The maximum Gasteiger partial charge on any atom is 0.310 e. The predicted octanol–water partition coefficient (Wildman–Crippen LogP) is 4.46. The number of carbonyl (C=O) groups excluding carboxylic acids is 1. The van der Waals surface area contributed by atoms with Crippen molar-refractivity contribution in [3.63, 3.8) is 0 Å². The molecule has 0 fully saturated rings. The van der Waals surface area contributed by atoms with Crippen LogP contribution in [0.15, 0.2) is 48.2 Å². The monoisotopic (exact) mass is 319 g/mol. The number of benzene rings is 2. The lowest BCUT2D eigenvalue weighted by Gasteiger charge is -2.19. The number of esters is 1. The molecule has 0 amide bonds. The van der Waals surface area contributed by atoms with Gasteiger partial charge < -0.3 is 9.47 Å². The van der Waals surface area contributed by atoms with Crippen LogP contribution in [0.1, 0.15) is 25.3 Å². The first-order chi connectivity index (χ1) is 11.7. The molecule has 4 nitrogen and oxygen atoms in total. The Morgan fingerprint density at radius 3 is 2.96 bits per heavy atom. The summed E-state index contributed by atoms with van der Waals surface area (Å²) >= 11 is 0. The number of para-hydroxylation sites is 1. The van der Waals surface area contributed by atoms with E-state index in [-0.39, 0.29) is 12.6 Å². The van der Waals surface area contributed by atoms with Crippen LogP contribution in [0.25, 0.3) is 27.9 Å². The number of pyridine rings is 1. The van der Waals surface area contributed by atoms with Gasteiger partial charge in [0.1, 0.15) is 18.1 Å². The van der Waals surface area contributed by atoms with Gasteiger partial charge in [-0.05, 0) is 36.8 Å². The van der Waals surface area contributed by atoms with Crippen molar-refractivity contribution in [2.75, 3.05) is 6.61 Å². The molecular weight excluding hydrogens is 302 g/mol. The van der Waals surface area contributed by atoms with Crippen LogP contribution >= 0.6 is 0 Å². The van der Waals surface area contributed by atoms with Gasteiger partial charge in [-0.1, -0.05) is 25.1 Å². The summed E-state index contributed by atoms with van der Waals surface area (Å²) in [6.07, 6.45) is 3.04. The fourth-order valence-corrected chi connectivity index (χ4v) is 2.92. The Labute approximate surface area is 139 Å². The maximum absolute atomic E-state index is 11.7. The second kappa shape index (κ2) is 5.96. The van der Waals surface area contributed by atoms with Crippen molar-refractivity contribution >= 4 is 33.9 Å². The van der Waals surface area contributed by atoms with Crippen molar-refractivity contribution in [3.05, 3.63) is 53.8 Å². The molecule has 0 unspecified atom stereocenters. The third kappa shape index (κ3) is 2.60. The van der Waals surface area contributed by atoms with Gasteiger partial charge in [-0.3, -0.25) is 4.79 Å². The molecule has 3 aromatic rings. The summed E-state index contributed by atoms with van der Waals surface area (Å²) in [5, 5.41) is 2.13.